The number of hydrogen-bond acceptors (Lipinski definition) is 6. The van der Waals surface area contributed by atoms with Crippen LogP contribution in [-0.2, 0) is 11.3 Å². The van der Waals surface area contributed by atoms with E-state index in [1.807, 2.05) is 61.2 Å². The van der Waals surface area contributed by atoms with Crippen molar-refractivity contribution in [2.45, 2.75) is 51.4 Å². The van der Waals surface area contributed by atoms with Crippen molar-refractivity contribution in [2.24, 2.45) is 5.92 Å². The highest BCUT2D eigenvalue weighted by Gasteiger charge is 2.25. The molecule has 0 bridgehead atoms. The van der Waals surface area contributed by atoms with Gasteiger partial charge in [-0.1, -0.05) is 36.9 Å². The van der Waals surface area contributed by atoms with Gasteiger partial charge in [-0.15, -0.1) is 10.2 Å². The minimum atomic E-state index is 0.0529. The molecule has 1 aliphatic heterocycles. The maximum Gasteiger partial charge on any atom is 0.237 e. The van der Waals surface area contributed by atoms with Gasteiger partial charge in [0.05, 0.1) is 18.6 Å². The summed E-state index contributed by atoms with van der Waals surface area (Å²) in [5.41, 5.74) is 0.910. The summed E-state index contributed by atoms with van der Waals surface area (Å²) in [6, 6.07) is 13.7. The predicted molar refractivity (Wildman–Crippen MR) is 128 cm³/mol. The third-order valence-electron chi connectivity index (χ3n) is 5.80. The molecule has 1 fully saturated rings. The number of nitrogens with zero attached hydrogens (tertiary/aromatic N) is 5. The van der Waals surface area contributed by atoms with Crippen molar-refractivity contribution >= 4 is 29.3 Å². The van der Waals surface area contributed by atoms with Crippen LogP contribution in [0.3, 0.4) is 0 Å². The SMILES string of the molecule is CC1CCN(c2nnc(SCC(=O)N(c3ccccc3)C(C)C)n2Cc2ccco2)CC1. The zero-order valence-corrected chi connectivity index (χ0v) is 19.8. The first-order chi connectivity index (χ1) is 15.5. The molecule has 0 spiro atoms. The second-order valence-corrected chi connectivity index (χ2v) is 9.54. The molecule has 0 saturated carbocycles. The van der Waals surface area contributed by atoms with E-state index in [1.54, 1.807) is 6.26 Å². The fraction of sp³-hybridized carbons (Fsp3) is 0.458. The molecule has 3 aromatic rings. The van der Waals surface area contributed by atoms with Crippen LogP contribution in [0, 0.1) is 5.92 Å². The monoisotopic (exact) mass is 453 g/mol. The quantitative estimate of drug-likeness (QED) is 0.461. The maximum absolute atomic E-state index is 13.2. The average molecular weight is 454 g/mol. The van der Waals surface area contributed by atoms with Crippen LogP contribution in [0.2, 0.25) is 0 Å². The molecular weight excluding hydrogens is 422 g/mol. The van der Waals surface area contributed by atoms with Crippen LogP contribution in [-0.4, -0.2) is 45.6 Å². The van der Waals surface area contributed by atoms with Gasteiger partial charge in [0.1, 0.15) is 5.76 Å². The van der Waals surface area contributed by atoms with E-state index in [0.29, 0.717) is 12.3 Å². The van der Waals surface area contributed by atoms with E-state index in [1.165, 1.54) is 11.8 Å². The van der Waals surface area contributed by atoms with Crippen LogP contribution in [0.4, 0.5) is 11.6 Å². The van der Waals surface area contributed by atoms with Gasteiger partial charge in [0.2, 0.25) is 11.9 Å². The molecule has 2 aromatic heterocycles. The van der Waals surface area contributed by atoms with Gasteiger partial charge in [-0.3, -0.25) is 9.36 Å². The number of aromatic nitrogens is 3. The first-order valence-electron chi connectivity index (χ1n) is 11.2. The number of benzene rings is 1. The van der Waals surface area contributed by atoms with Gasteiger partial charge in [-0.05, 0) is 56.9 Å². The Hall–Kier alpha value is -2.74. The molecular formula is C24H31N5O2S. The van der Waals surface area contributed by atoms with Crippen LogP contribution >= 0.6 is 11.8 Å². The summed E-state index contributed by atoms with van der Waals surface area (Å²) in [5.74, 6) is 2.78. The largest absolute Gasteiger partial charge is 0.467 e. The lowest BCUT2D eigenvalue weighted by Gasteiger charge is -2.31. The second kappa shape index (κ2) is 10.3. The Morgan fingerprint density at radius 3 is 2.56 bits per heavy atom. The summed E-state index contributed by atoms with van der Waals surface area (Å²) in [6.07, 6.45) is 3.97. The molecule has 32 heavy (non-hydrogen) atoms. The van der Waals surface area contributed by atoms with Gasteiger partial charge in [0.15, 0.2) is 5.16 Å². The van der Waals surface area contributed by atoms with Crippen molar-refractivity contribution in [1.29, 1.82) is 0 Å². The molecule has 7 nitrogen and oxygen atoms in total. The molecule has 0 radical (unpaired) electrons. The molecule has 1 amide bonds. The van der Waals surface area contributed by atoms with Crippen molar-refractivity contribution < 1.29 is 9.21 Å². The summed E-state index contributed by atoms with van der Waals surface area (Å²) in [6.45, 7) is 8.84. The molecule has 0 atom stereocenters. The smallest absolute Gasteiger partial charge is 0.237 e. The summed E-state index contributed by atoms with van der Waals surface area (Å²) < 4.78 is 7.67. The highest BCUT2D eigenvalue weighted by atomic mass is 32.2. The van der Waals surface area contributed by atoms with Crippen LogP contribution in [0.25, 0.3) is 0 Å². The lowest BCUT2D eigenvalue weighted by Crippen LogP contribution is -2.38. The van der Waals surface area contributed by atoms with Crippen molar-refractivity contribution in [3.8, 4) is 0 Å². The van der Waals surface area contributed by atoms with Crippen LogP contribution < -0.4 is 9.80 Å². The molecule has 1 aromatic carbocycles. The zero-order valence-electron chi connectivity index (χ0n) is 19.0. The Morgan fingerprint density at radius 1 is 1.16 bits per heavy atom. The van der Waals surface area contributed by atoms with E-state index < -0.39 is 0 Å². The molecule has 4 rings (SSSR count). The number of furan rings is 1. The Kier molecular flexibility index (Phi) is 7.19. The van der Waals surface area contributed by atoms with Crippen molar-refractivity contribution in [2.75, 3.05) is 28.6 Å². The topological polar surface area (TPSA) is 67.4 Å². The minimum absolute atomic E-state index is 0.0529. The number of anilines is 2. The van der Waals surface area contributed by atoms with E-state index >= 15 is 0 Å². The maximum atomic E-state index is 13.2. The Morgan fingerprint density at radius 2 is 1.91 bits per heavy atom. The fourth-order valence-electron chi connectivity index (χ4n) is 4.04. The number of carbonyl (C=O) groups is 1. The third-order valence-corrected chi connectivity index (χ3v) is 6.75. The van der Waals surface area contributed by atoms with Crippen LogP contribution in [0.15, 0.2) is 58.3 Å². The van der Waals surface area contributed by atoms with Crippen LogP contribution in [0.1, 0.15) is 39.4 Å². The Balaban J connectivity index is 1.53. The first-order valence-corrected chi connectivity index (χ1v) is 12.2. The van der Waals surface area contributed by atoms with Gasteiger partial charge < -0.3 is 14.2 Å². The van der Waals surface area contributed by atoms with E-state index in [0.717, 1.165) is 54.4 Å². The van der Waals surface area contributed by atoms with Crippen molar-refractivity contribution in [3.05, 3.63) is 54.5 Å². The van der Waals surface area contributed by atoms with Gasteiger partial charge in [-0.25, -0.2) is 0 Å². The highest BCUT2D eigenvalue weighted by Crippen LogP contribution is 2.28. The first kappa shape index (κ1) is 22.5. The lowest BCUT2D eigenvalue weighted by molar-refractivity contribution is -0.116. The molecule has 0 aliphatic carbocycles. The summed E-state index contributed by atoms with van der Waals surface area (Å²) in [5, 5.41) is 9.71. The lowest BCUT2D eigenvalue weighted by atomic mass is 10.00. The number of carbonyl (C=O) groups excluding carboxylic acids is 1. The van der Waals surface area contributed by atoms with Gasteiger partial charge in [0, 0.05) is 24.8 Å². The number of para-hydroxylation sites is 1. The molecule has 0 unspecified atom stereocenters. The van der Waals surface area contributed by atoms with E-state index in [2.05, 4.69) is 26.6 Å². The van der Waals surface area contributed by atoms with Gasteiger partial charge in [0.25, 0.3) is 0 Å². The number of amides is 1. The van der Waals surface area contributed by atoms with Crippen LogP contribution in [0.5, 0.6) is 0 Å². The van der Waals surface area contributed by atoms with E-state index in [-0.39, 0.29) is 11.9 Å². The Bertz CT molecular complexity index is 995. The second-order valence-electron chi connectivity index (χ2n) is 8.60. The number of rotatable bonds is 8. The normalized spacial score (nSPS) is 14.8. The van der Waals surface area contributed by atoms with Gasteiger partial charge >= 0.3 is 0 Å². The summed E-state index contributed by atoms with van der Waals surface area (Å²) in [7, 11) is 0. The third kappa shape index (κ3) is 5.18. The fourth-order valence-corrected chi connectivity index (χ4v) is 4.83. The summed E-state index contributed by atoms with van der Waals surface area (Å²) in [4.78, 5) is 17.3. The minimum Gasteiger partial charge on any atom is -0.467 e. The number of piperidine rings is 1. The van der Waals surface area contributed by atoms with E-state index in [4.69, 9.17) is 4.42 Å². The molecule has 170 valence electrons. The highest BCUT2D eigenvalue weighted by molar-refractivity contribution is 7.99. The molecule has 3 heterocycles. The van der Waals surface area contributed by atoms with Crippen molar-refractivity contribution in [1.82, 2.24) is 14.8 Å². The van der Waals surface area contributed by atoms with Crippen molar-refractivity contribution in [3.63, 3.8) is 0 Å². The molecule has 1 saturated heterocycles. The Labute approximate surface area is 193 Å². The number of hydrogen-bond donors (Lipinski definition) is 0. The predicted octanol–water partition coefficient (Wildman–Crippen LogP) is 4.69. The number of thioether (sulfide) groups is 1. The summed E-state index contributed by atoms with van der Waals surface area (Å²) >= 11 is 1.43. The zero-order chi connectivity index (χ0) is 22.5. The average Bonchev–Trinajstić information content (AvgIpc) is 3.44. The standard InChI is InChI=1S/C24H31N5O2S/c1-18(2)29(20-8-5-4-6-9-20)22(30)17-32-24-26-25-23(27-13-11-19(3)12-14-27)28(24)16-21-10-7-15-31-21/h4-10,15,18-19H,11-14,16-17H2,1-3H3. The van der Waals surface area contributed by atoms with E-state index in [9.17, 15) is 4.79 Å². The molecule has 8 heteroatoms. The molecule has 0 N–H and O–H groups in total. The van der Waals surface area contributed by atoms with Gasteiger partial charge in [-0.2, -0.15) is 0 Å². The molecule has 1 aliphatic rings.